The van der Waals surface area contributed by atoms with Gasteiger partial charge < -0.3 is 16.0 Å². The topological polar surface area (TPSA) is 75.4 Å². The van der Waals surface area contributed by atoms with Crippen molar-refractivity contribution in [2.24, 2.45) is 28.4 Å². The fourth-order valence-corrected chi connectivity index (χ4v) is 3.93. The van der Waals surface area contributed by atoms with Gasteiger partial charge in [-0.1, -0.05) is 34.6 Å². The summed E-state index contributed by atoms with van der Waals surface area (Å²) in [4.78, 5) is 26.3. The van der Waals surface area contributed by atoms with Crippen molar-refractivity contribution in [2.45, 2.75) is 46.7 Å². The van der Waals surface area contributed by atoms with Crippen molar-refractivity contribution in [1.82, 2.24) is 10.2 Å². The van der Waals surface area contributed by atoms with Gasteiger partial charge in [-0.2, -0.15) is 0 Å². The molecule has 0 aromatic heterocycles. The Morgan fingerprint density at radius 2 is 1.90 bits per heavy atom. The van der Waals surface area contributed by atoms with Gasteiger partial charge in [-0.05, 0) is 29.7 Å². The number of rotatable bonds is 3. The molecule has 0 aromatic carbocycles. The van der Waals surface area contributed by atoms with Gasteiger partial charge in [0.05, 0.1) is 6.04 Å². The van der Waals surface area contributed by atoms with E-state index in [2.05, 4.69) is 19.2 Å². The zero-order valence-corrected chi connectivity index (χ0v) is 13.4. The van der Waals surface area contributed by atoms with E-state index >= 15 is 0 Å². The van der Waals surface area contributed by atoms with Crippen molar-refractivity contribution in [2.75, 3.05) is 13.6 Å². The molecular formula is C15H27N3O2. The molecular weight excluding hydrogens is 254 g/mol. The fourth-order valence-electron chi connectivity index (χ4n) is 3.93. The maximum absolute atomic E-state index is 12.8. The molecule has 2 fully saturated rings. The fraction of sp³-hybridized carbons (Fsp3) is 0.867. The van der Waals surface area contributed by atoms with Crippen molar-refractivity contribution < 1.29 is 9.59 Å². The number of nitrogens with two attached hydrogens (primary N) is 1. The van der Waals surface area contributed by atoms with E-state index in [0.717, 1.165) is 0 Å². The van der Waals surface area contributed by atoms with Crippen molar-refractivity contribution in [3.63, 3.8) is 0 Å². The third-order valence-electron chi connectivity index (χ3n) is 5.18. The van der Waals surface area contributed by atoms with Crippen molar-refractivity contribution in [1.29, 1.82) is 0 Å². The minimum Gasteiger partial charge on any atom is -0.368 e. The first-order valence-electron chi connectivity index (χ1n) is 7.30. The van der Waals surface area contributed by atoms with Crippen LogP contribution in [0.4, 0.5) is 0 Å². The maximum atomic E-state index is 12.8. The Morgan fingerprint density at radius 3 is 2.30 bits per heavy atom. The average molecular weight is 281 g/mol. The van der Waals surface area contributed by atoms with Crippen LogP contribution in [-0.2, 0) is 9.59 Å². The summed E-state index contributed by atoms with van der Waals surface area (Å²) in [6.45, 7) is 11.0. The van der Waals surface area contributed by atoms with Gasteiger partial charge in [-0.25, -0.2) is 0 Å². The van der Waals surface area contributed by atoms with Crippen LogP contribution in [-0.4, -0.2) is 42.4 Å². The van der Waals surface area contributed by atoms with Gasteiger partial charge >= 0.3 is 0 Å². The molecule has 1 unspecified atom stereocenters. The van der Waals surface area contributed by atoms with Gasteiger partial charge in [0, 0.05) is 6.54 Å². The van der Waals surface area contributed by atoms with E-state index < -0.39 is 6.04 Å². The number of piperidine rings is 1. The summed E-state index contributed by atoms with van der Waals surface area (Å²) in [5, 5.41) is 3.09. The Labute approximate surface area is 121 Å². The second-order valence-electron chi connectivity index (χ2n) is 7.88. The summed E-state index contributed by atoms with van der Waals surface area (Å²) in [6.07, 6.45) is 0. The van der Waals surface area contributed by atoms with Crippen molar-refractivity contribution >= 4 is 11.8 Å². The lowest BCUT2D eigenvalue weighted by Crippen LogP contribution is -2.57. The summed E-state index contributed by atoms with van der Waals surface area (Å²) in [7, 11) is 1.79. The Balaban J connectivity index is 2.22. The van der Waals surface area contributed by atoms with Crippen LogP contribution in [0.3, 0.4) is 0 Å². The number of nitrogens with one attached hydrogen (secondary N) is 1. The van der Waals surface area contributed by atoms with Crippen LogP contribution in [0, 0.1) is 22.7 Å². The van der Waals surface area contributed by atoms with Crippen LogP contribution >= 0.6 is 0 Å². The van der Waals surface area contributed by atoms with Crippen LogP contribution < -0.4 is 11.1 Å². The van der Waals surface area contributed by atoms with E-state index in [4.69, 9.17) is 5.73 Å². The molecule has 0 spiro atoms. The van der Waals surface area contributed by atoms with Gasteiger partial charge in [0.15, 0.2) is 0 Å². The largest absolute Gasteiger partial charge is 0.368 e. The van der Waals surface area contributed by atoms with Gasteiger partial charge in [-0.3, -0.25) is 9.59 Å². The number of likely N-dealkylation sites (tertiary alicyclic amines) is 1. The first-order chi connectivity index (χ1) is 9.03. The number of carbonyl (C=O) groups is 2. The number of primary amides is 1. The van der Waals surface area contributed by atoms with Crippen molar-refractivity contribution in [3.8, 4) is 0 Å². The maximum Gasteiger partial charge on any atom is 0.240 e. The minimum absolute atomic E-state index is 0.00759. The highest BCUT2D eigenvalue weighted by Crippen LogP contribution is 2.64. The van der Waals surface area contributed by atoms with Crippen LogP contribution in [0.1, 0.15) is 34.6 Å². The number of fused-ring (bicyclic) bond motifs is 1. The molecule has 1 saturated heterocycles. The van der Waals surface area contributed by atoms with E-state index in [-0.39, 0.29) is 34.6 Å². The monoisotopic (exact) mass is 281 g/mol. The minimum atomic E-state index is -0.444. The molecule has 5 nitrogen and oxygen atoms in total. The molecule has 0 bridgehead atoms. The molecule has 0 radical (unpaired) electrons. The quantitative estimate of drug-likeness (QED) is 0.795. The number of hydrogen-bond donors (Lipinski definition) is 2. The molecule has 2 aliphatic rings. The second kappa shape index (κ2) is 4.45. The highest BCUT2D eigenvalue weighted by Gasteiger charge is 2.69. The first-order valence-corrected chi connectivity index (χ1v) is 7.30. The third kappa shape index (κ3) is 2.12. The lowest BCUT2D eigenvalue weighted by atomic mass is 9.85. The van der Waals surface area contributed by atoms with E-state index in [1.807, 2.05) is 20.8 Å². The summed E-state index contributed by atoms with van der Waals surface area (Å²) in [6, 6.07) is -0.745. The zero-order valence-electron chi connectivity index (χ0n) is 13.4. The third-order valence-corrected chi connectivity index (χ3v) is 5.18. The Hall–Kier alpha value is -1.10. The van der Waals surface area contributed by atoms with Gasteiger partial charge in [0.1, 0.15) is 6.04 Å². The Bertz CT molecular complexity index is 439. The van der Waals surface area contributed by atoms with E-state index in [9.17, 15) is 9.59 Å². The molecule has 4 atom stereocenters. The molecule has 20 heavy (non-hydrogen) atoms. The Kier molecular flexibility index (Phi) is 3.40. The standard InChI is InChI=1S/C15H27N3O2/c1-14(2,3)11(17-6)13(20)18-7-8-9(15(8,4)5)10(18)12(16)19/h8-11,17H,7H2,1-6H3,(H2,16,19)/t8?,9-,10-,11+/m0/s1. The summed E-state index contributed by atoms with van der Waals surface area (Å²) < 4.78 is 0. The number of hydrogen-bond acceptors (Lipinski definition) is 3. The molecule has 0 aromatic rings. The van der Waals surface area contributed by atoms with E-state index in [1.165, 1.54) is 0 Å². The normalized spacial score (nSPS) is 32.7. The van der Waals surface area contributed by atoms with Crippen LogP contribution in [0.2, 0.25) is 0 Å². The molecule has 1 aliphatic carbocycles. The first kappa shape index (κ1) is 15.3. The van der Waals surface area contributed by atoms with Crippen molar-refractivity contribution in [3.05, 3.63) is 0 Å². The van der Waals surface area contributed by atoms with E-state index in [0.29, 0.717) is 12.5 Å². The van der Waals surface area contributed by atoms with Gasteiger partial charge in [0.2, 0.25) is 11.8 Å². The lowest BCUT2D eigenvalue weighted by Gasteiger charge is -2.36. The molecule has 3 N–H and O–H groups in total. The molecule has 1 heterocycles. The molecule has 1 saturated carbocycles. The summed E-state index contributed by atoms with van der Waals surface area (Å²) in [5.74, 6) is 0.245. The Morgan fingerprint density at radius 1 is 1.35 bits per heavy atom. The predicted octanol–water partition coefficient (Wildman–Crippen LogP) is 0.589. The van der Waals surface area contributed by atoms with Crippen LogP contribution in [0.25, 0.3) is 0 Å². The molecule has 5 heteroatoms. The highest BCUT2D eigenvalue weighted by atomic mass is 16.2. The molecule has 2 amide bonds. The SMILES string of the molecule is CN[C@H](C(=O)N1CC2[C@@H]([C@H]1C(N)=O)C2(C)C)C(C)(C)C. The molecule has 2 rings (SSSR count). The number of carbonyl (C=O) groups excluding carboxylic acids is 2. The summed E-state index contributed by atoms with van der Waals surface area (Å²) in [5.41, 5.74) is 5.50. The van der Waals surface area contributed by atoms with Crippen LogP contribution in [0.5, 0.6) is 0 Å². The van der Waals surface area contributed by atoms with Gasteiger partial charge in [-0.15, -0.1) is 0 Å². The smallest absolute Gasteiger partial charge is 0.240 e. The molecule has 1 aliphatic heterocycles. The zero-order chi connectivity index (χ0) is 15.5. The van der Waals surface area contributed by atoms with Crippen LogP contribution in [0.15, 0.2) is 0 Å². The highest BCUT2D eigenvalue weighted by molar-refractivity contribution is 5.91. The predicted molar refractivity (Wildman–Crippen MR) is 77.8 cm³/mol. The lowest BCUT2D eigenvalue weighted by molar-refractivity contribution is -0.142. The number of amides is 2. The van der Waals surface area contributed by atoms with Gasteiger partial charge in [0.25, 0.3) is 0 Å². The average Bonchev–Trinajstić information content (AvgIpc) is 2.70. The summed E-state index contributed by atoms with van der Waals surface area (Å²) >= 11 is 0. The number of likely N-dealkylation sites (N-methyl/N-ethyl adjacent to an activating group) is 1. The van der Waals surface area contributed by atoms with E-state index in [1.54, 1.807) is 11.9 Å². The molecule has 114 valence electrons. The second-order valence-corrected chi connectivity index (χ2v) is 7.88. The number of nitrogens with zero attached hydrogens (tertiary/aromatic N) is 1.